The van der Waals surface area contributed by atoms with Crippen LogP contribution < -0.4 is 27.8 Å². The summed E-state index contributed by atoms with van der Waals surface area (Å²) in [7, 11) is 0. The standard InChI is InChI=1S/C22H34N6O4/c23-13-14-4-6-15(7-5-14)19(29)28-18(3-1-2-12-26-22(24)25)20(30)27-17-10-8-16(9-11-17)21(31)32/h8-11,14-15,18H,1-7,12-13,23H2,(H,27,30)(H,28,29)(H,31,32)(H4,24,25,26)/t14?,15?,18-/m0/s1. The molecule has 0 aromatic heterocycles. The van der Waals surface area contributed by atoms with E-state index in [1.807, 2.05) is 0 Å². The smallest absolute Gasteiger partial charge is 0.335 e. The van der Waals surface area contributed by atoms with Gasteiger partial charge in [0, 0.05) is 18.2 Å². The van der Waals surface area contributed by atoms with Gasteiger partial charge in [-0.25, -0.2) is 4.79 Å². The molecule has 2 rings (SSSR count). The fourth-order valence-corrected chi connectivity index (χ4v) is 3.81. The number of carboxylic acid groups (broad SMARTS) is 1. The highest BCUT2D eigenvalue weighted by atomic mass is 16.4. The highest BCUT2D eigenvalue weighted by molar-refractivity contribution is 5.98. The summed E-state index contributed by atoms with van der Waals surface area (Å²) >= 11 is 0. The van der Waals surface area contributed by atoms with Gasteiger partial charge in [-0.2, -0.15) is 0 Å². The highest BCUT2D eigenvalue weighted by Gasteiger charge is 2.29. The first-order chi connectivity index (χ1) is 15.3. The van der Waals surface area contributed by atoms with Crippen molar-refractivity contribution in [3.63, 3.8) is 0 Å². The van der Waals surface area contributed by atoms with E-state index < -0.39 is 12.0 Å². The molecule has 1 aliphatic rings. The van der Waals surface area contributed by atoms with Crippen molar-refractivity contribution in [1.29, 1.82) is 0 Å². The molecule has 0 heterocycles. The Balaban J connectivity index is 1.98. The number of unbranched alkanes of at least 4 members (excludes halogenated alkanes) is 1. The summed E-state index contributed by atoms with van der Waals surface area (Å²) in [4.78, 5) is 40.6. The van der Waals surface area contributed by atoms with Crippen LogP contribution in [0, 0.1) is 11.8 Å². The number of nitrogens with zero attached hydrogens (tertiary/aromatic N) is 1. The lowest BCUT2D eigenvalue weighted by Gasteiger charge is -2.28. The van der Waals surface area contributed by atoms with Crippen LogP contribution in [0.2, 0.25) is 0 Å². The molecular formula is C22H34N6O4. The van der Waals surface area contributed by atoms with E-state index in [1.165, 1.54) is 24.3 Å². The van der Waals surface area contributed by atoms with Crippen LogP contribution in [0.1, 0.15) is 55.3 Å². The number of carboxylic acids is 1. The van der Waals surface area contributed by atoms with E-state index in [0.717, 1.165) is 25.7 Å². The molecule has 10 nitrogen and oxygen atoms in total. The number of rotatable bonds is 11. The SMILES string of the molecule is NCC1CCC(C(=O)N[C@@H](CCCCN=C(N)N)C(=O)Nc2ccc(C(=O)O)cc2)CC1. The van der Waals surface area contributed by atoms with Crippen LogP contribution in [0.4, 0.5) is 5.69 Å². The van der Waals surface area contributed by atoms with Crippen molar-refractivity contribution in [1.82, 2.24) is 5.32 Å². The molecule has 176 valence electrons. The summed E-state index contributed by atoms with van der Waals surface area (Å²) in [5.74, 6) is -1.15. The quantitative estimate of drug-likeness (QED) is 0.166. The maximum Gasteiger partial charge on any atom is 0.335 e. The van der Waals surface area contributed by atoms with Gasteiger partial charge in [-0.3, -0.25) is 14.6 Å². The molecule has 0 radical (unpaired) electrons. The summed E-state index contributed by atoms with van der Waals surface area (Å²) in [6, 6.07) is 5.15. The second-order valence-corrected chi connectivity index (χ2v) is 8.19. The lowest BCUT2D eigenvalue weighted by Crippen LogP contribution is -2.46. The molecule has 10 heteroatoms. The Labute approximate surface area is 188 Å². The van der Waals surface area contributed by atoms with Crippen LogP contribution in [-0.4, -0.2) is 48.0 Å². The summed E-state index contributed by atoms with van der Waals surface area (Å²) in [6.45, 7) is 1.08. The van der Waals surface area contributed by atoms with Gasteiger partial charge in [-0.15, -0.1) is 0 Å². The Hall–Kier alpha value is -3.14. The zero-order chi connectivity index (χ0) is 23.5. The molecule has 0 bridgehead atoms. The second kappa shape index (κ2) is 12.7. The van der Waals surface area contributed by atoms with Crippen LogP contribution in [0.15, 0.2) is 29.3 Å². The van der Waals surface area contributed by atoms with Gasteiger partial charge in [0.25, 0.3) is 0 Å². The van der Waals surface area contributed by atoms with E-state index >= 15 is 0 Å². The Kier molecular flexibility index (Phi) is 9.93. The Bertz CT molecular complexity index is 799. The zero-order valence-corrected chi connectivity index (χ0v) is 18.3. The van der Waals surface area contributed by atoms with Crippen molar-refractivity contribution >= 4 is 29.4 Å². The molecule has 1 fully saturated rings. The number of aliphatic imine (C=N–C) groups is 1. The normalized spacial score (nSPS) is 18.9. The van der Waals surface area contributed by atoms with Gasteiger partial charge in [-0.05, 0) is 81.7 Å². The van der Waals surface area contributed by atoms with Crippen molar-refractivity contribution in [2.75, 3.05) is 18.4 Å². The number of carbonyl (C=O) groups is 3. The average Bonchev–Trinajstić information content (AvgIpc) is 2.78. The number of aromatic carboxylic acids is 1. The van der Waals surface area contributed by atoms with Crippen LogP contribution >= 0.6 is 0 Å². The Morgan fingerprint density at radius 3 is 2.28 bits per heavy atom. The lowest BCUT2D eigenvalue weighted by molar-refractivity contribution is -0.130. The van der Waals surface area contributed by atoms with E-state index in [0.29, 0.717) is 44.0 Å². The number of carbonyl (C=O) groups excluding carboxylic acids is 2. The van der Waals surface area contributed by atoms with Crippen molar-refractivity contribution in [2.24, 2.45) is 34.0 Å². The minimum absolute atomic E-state index is 0.0190. The number of amides is 2. The molecule has 0 saturated heterocycles. The average molecular weight is 447 g/mol. The van der Waals surface area contributed by atoms with E-state index in [-0.39, 0.29) is 29.3 Å². The number of anilines is 1. The van der Waals surface area contributed by atoms with Gasteiger partial charge in [0.2, 0.25) is 11.8 Å². The van der Waals surface area contributed by atoms with Crippen LogP contribution in [0.25, 0.3) is 0 Å². The first-order valence-electron chi connectivity index (χ1n) is 11.0. The Morgan fingerprint density at radius 2 is 1.72 bits per heavy atom. The summed E-state index contributed by atoms with van der Waals surface area (Å²) in [5.41, 5.74) is 17.0. The third-order valence-electron chi connectivity index (χ3n) is 5.78. The molecule has 1 aromatic carbocycles. The molecule has 2 amide bonds. The van der Waals surface area contributed by atoms with Crippen molar-refractivity contribution in [2.45, 2.75) is 51.0 Å². The third kappa shape index (κ3) is 8.18. The van der Waals surface area contributed by atoms with Crippen molar-refractivity contribution in [3.8, 4) is 0 Å². The number of hydrogen-bond acceptors (Lipinski definition) is 5. The highest BCUT2D eigenvalue weighted by Crippen LogP contribution is 2.28. The van der Waals surface area contributed by atoms with E-state index in [1.54, 1.807) is 0 Å². The second-order valence-electron chi connectivity index (χ2n) is 8.19. The van der Waals surface area contributed by atoms with E-state index in [2.05, 4.69) is 15.6 Å². The number of benzene rings is 1. The molecule has 1 atom stereocenters. The zero-order valence-electron chi connectivity index (χ0n) is 18.3. The fourth-order valence-electron chi connectivity index (χ4n) is 3.81. The number of hydrogen-bond donors (Lipinski definition) is 6. The van der Waals surface area contributed by atoms with Gasteiger partial charge in [0.05, 0.1) is 5.56 Å². The molecule has 0 spiro atoms. The maximum atomic E-state index is 12.9. The maximum absolute atomic E-state index is 12.9. The molecular weight excluding hydrogens is 412 g/mol. The largest absolute Gasteiger partial charge is 0.478 e. The molecule has 1 aliphatic carbocycles. The number of guanidine groups is 1. The van der Waals surface area contributed by atoms with Crippen LogP contribution in [0.3, 0.4) is 0 Å². The molecule has 1 saturated carbocycles. The number of nitrogens with one attached hydrogen (secondary N) is 2. The van der Waals surface area contributed by atoms with Crippen LogP contribution in [0.5, 0.6) is 0 Å². The molecule has 0 unspecified atom stereocenters. The van der Waals surface area contributed by atoms with Crippen LogP contribution in [-0.2, 0) is 9.59 Å². The summed E-state index contributed by atoms with van der Waals surface area (Å²) in [6.07, 6.45) is 5.12. The van der Waals surface area contributed by atoms with E-state index in [4.69, 9.17) is 22.3 Å². The molecule has 32 heavy (non-hydrogen) atoms. The van der Waals surface area contributed by atoms with E-state index in [9.17, 15) is 14.4 Å². The van der Waals surface area contributed by atoms with Gasteiger partial charge < -0.3 is 32.9 Å². The monoisotopic (exact) mass is 446 g/mol. The molecule has 9 N–H and O–H groups in total. The van der Waals surface area contributed by atoms with Gasteiger partial charge in [0.1, 0.15) is 6.04 Å². The fraction of sp³-hybridized carbons (Fsp3) is 0.545. The minimum atomic E-state index is -1.04. The number of nitrogens with two attached hydrogens (primary N) is 3. The van der Waals surface area contributed by atoms with Gasteiger partial charge in [0.15, 0.2) is 5.96 Å². The minimum Gasteiger partial charge on any atom is -0.478 e. The van der Waals surface area contributed by atoms with Crippen molar-refractivity contribution < 1.29 is 19.5 Å². The predicted molar refractivity (Wildman–Crippen MR) is 123 cm³/mol. The first kappa shape index (κ1) is 25.1. The summed E-state index contributed by atoms with van der Waals surface area (Å²) < 4.78 is 0. The Morgan fingerprint density at radius 1 is 1.06 bits per heavy atom. The van der Waals surface area contributed by atoms with Crippen molar-refractivity contribution in [3.05, 3.63) is 29.8 Å². The topological polar surface area (TPSA) is 186 Å². The van der Waals surface area contributed by atoms with Gasteiger partial charge >= 0.3 is 5.97 Å². The lowest BCUT2D eigenvalue weighted by atomic mass is 9.81. The predicted octanol–water partition coefficient (Wildman–Crippen LogP) is 1.02. The first-order valence-corrected chi connectivity index (χ1v) is 11.0. The molecule has 0 aliphatic heterocycles. The summed E-state index contributed by atoms with van der Waals surface area (Å²) in [5, 5.41) is 14.7. The third-order valence-corrected chi connectivity index (χ3v) is 5.78. The molecule has 1 aromatic rings. The van der Waals surface area contributed by atoms with Gasteiger partial charge in [-0.1, -0.05) is 0 Å².